The minimum absolute atomic E-state index is 0.170. The average Bonchev–Trinajstić information content (AvgIpc) is 2.61. The normalized spacial score (nSPS) is 10.8. The number of aromatic nitrogens is 1. The van der Waals surface area contributed by atoms with Gasteiger partial charge in [-0.3, -0.25) is 9.59 Å². The molecule has 1 amide bonds. The van der Waals surface area contributed by atoms with E-state index in [4.69, 9.17) is 0 Å². The molecule has 4 heteroatoms. The van der Waals surface area contributed by atoms with E-state index < -0.39 is 0 Å². The Morgan fingerprint density at radius 2 is 1.77 bits per heavy atom. The van der Waals surface area contributed by atoms with Crippen LogP contribution in [0.4, 0.5) is 5.69 Å². The molecule has 0 spiro atoms. The van der Waals surface area contributed by atoms with E-state index in [1.165, 1.54) is 0 Å². The van der Waals surface area contributed by atoms with Crippen molar-refractivity contribution in [1.82, 2.24) is 4.57 Å². The maximum absolute atomic E-state index is 13.0. The van der Waals surface area contributed by atoms with E-state index in [1.807, 2.05) is 45.9 Å². The van der Waals surface area contributed by atoms with E-state index in [2.05, 4.69) is 23.7 Å². The summed E-state index contributed by atoms with van der Waals surface area (Å²) in [6, 6.07) is 5.97. The number of carbonyl (C=O) groups is 1. The molecule has 0 aliphatic rings. The van der Waals surface area contributed by atoms with Gasteiger partial charge in [-0.2, -0.15) is 0 Å². The number of pyridine rings is 1. The summed E-state index contributed by atoms with van der Waals surface area (Å²) in [6.07, 6.45) is 2.90. The van der Waals surface area contributed by atoms with Gasteiger partial charge < -0.3 is 9.88 Å². The molecule has 0 aliphatic carbocycles. The molecule has 1 aromatic heterocycles. The SMILES string of the molecule is CCCCn1c(C)c(C)c(=O)c(C(=O)Nc2c(C)cccc2CC)c1C. The van der Waals surface area contributed by atoms with Crippen LogP contribution in [0.5, 0.6) is 0 Å². The highest BCUT2D eigenvalue weighted by Gasteiger charge is 2.21. The molecular formula is C22H30N2O2. The van der Waals surface area contributed by atoms with Gasteiger partial charge >= 0.3 is 0 Å². The van der Waals surface area contributed by atoms with Crippen LogP contribution in [0.15, 0.2) is 23.0 Å². The third-order valence-corrected chi connectivity index (χ3v) is 5.22. The highest BCUT2D eigenvalue weighted by atomic mass is 16.2. The number of nitrogens with zero attached hydrogens (tertiary/aromatic N) is 1. The van der Waals surface area contributed by atoms with Gasteiger partial charge in [0, 0.05) is 29.2 Å². The molecule has 0 atom stereocenters. The fraction of sp³-hybridized carbons (Fsp3) is 0.455. The Kier molecular flexibility index (Phi) is 6.41. The summed E-state index contributed by atoms with van der Waals surface area (Å²) in [6.45, 7) is 12.6. The molecule has 0 fully saturated rings. The number of unbranched alkanes of at least 4 members (excludes halogenated alkanes) is 1. The Labute approximate surface area is 156 Å². The lowest BCUT2D eigenvalue weighted by Crippen LogP contribution is -2.30. The first-order valence-corrected chi connectivity index (χ1v) is 9.43. The minimum Gasteiger partial charge on any atom is -0.348 e. The summed E-state index contributed by atoms with van der Waals surface area (Å²) < 4.78 is 2.10. The van der Waals surface area contributed by atoms with Crippen molar-refractivity contribution in [2.24, 2.45) is 0 Å². The van der Waals surface area contributed by atoms with E-state index >= 15 is 0 Å². The van der Waals surface area contributed by atoms with Gasteiger partial charge in [0.1, 0.15) is 5.56 Å². The third-order valence-electron chi connectivity index (χ3n) is 5.22. The number of hydrogen-bond donors (Lipinski definition) is 1. The molecule has 2 rings (SSSR count). The zero-order valence-corrected chi connectivity index (χ0v) is 16.8. The van der Waals surface area contributed by atoms with Crippen molar-refractivity contribution < 1.29 is 4.79 Å². The van der Waals surface area contributed by atoms with E-state index in [0.717, 1.165) is 54.0 Å². The molecule has 0 unspecified atom stereocenters. The van der Waals surface area contributed by atoms with Crippen LogP contribution < -0.4 is 10.7 Å². The van der Waals surface area contributed by atoms with Crippen LogP contribution in [-0.4, -0.2) is 10.5 Å². The first-order chi connectivity index (χ1) is 12.3. The summed E-state index contributed by atoms with van der Waals surface area (Å²) in [5, 5.41) is 3.01. The average molecular weight is 354 g/mol. The van der Waals surface area contributed by atoms with Crippen molar-refractivity contribution in [2.75, 3.05) is 5.32 Å². The summed E-state index contributed by atoms with van der Waals surface area (Å²) in [4.78, 5) is 25.9. The second kappa shape index (κ2) is 8.35. The Morgan fingerprint density at radius 3 is 2.38 bits per heavy atom. The molecular weight excluding hydrogens is 324 g/mol. The number of aryl methyl sites for hydroxylation is 2. The van der Waals surface area contributed by atoms with Gasteiger partial charge in [-0.05, 0) is 51.7 Å². The molecule has 2 aromatic rings. The van der Waals surface area contributed by atoms with E-state index in [0.29, 0.717) is 5.56 Å². The fourth-order valence-electron chi connectivity index (χ4n) is 3.40. The molecule has 0 bridgehead atoms. The van der Waals surface area contributed by atoms with Crippen LogP contribution in [0.1, 0.15) is 65.1 Å². The maximum atomic E-state index is 13.0. The van der Waals surface area contributed by atoms with Crippen molar-refractivity contribution in [2.45, 2.75) is 67.3 Å². The van der Waals surface area contributed by atoms with E-state index in [-0.39, 0.29) is 16.9 Å². The van der Waals surface area contributed by atoms with Crippen LogP contribution in [0.2, 0.25) is 0 Å². The topological polar surface area (TPSA) is 51.1 Å². The van der Waals surface area contributed by atoms with Gasteiger partial charge in [-0.25, -0.2) is 0 Å². The lowest BCUT2D eigenvalue weighted by atomic mass is 10.0. The van der Waals surface area contributed by atoms with E-state index in [1.54, 1.807) is 0 Å². The van der Waals surface area contributed by atoms with Crippen LogP contribution in [-0.2, 0) is 13.0 Å². The predicted molar refractivity (Wildman–Crippen MR) is 108 cm³/mol. The Bertz CT molecular complexity index is 879. The lowest BCUT2D eigenvalue weighted by molar-refractivity contribution is 0.102. The number of hydrogen-bond acceptors (Lipinski definition) is 2. The number of carbonyl (C=O) groups excluding carboxylic acids is 1. The number of amides is 1. The summed E-state index contributed by atoms with van der Waals surface area (Å²) >= 11 is 0. The van der Waals surface area contributed by atoms with Gasteiger partial charge in [0.25, 0.3) is 5.91 Å². The zero-order chi connectivity index (χ0) is 19.4. The Balaban J connectivity index is 2.53. The molecule has 0 saturated heterocycles. The molecule has 0 saturated carbocycles. The van der Waals surface area contributed by atoms with Gasteiger partial charge in [0.2, 0.25) is 0 Å². The van der Waals surface area contributed by atoms with Crippen molar-refractivity contribution in [3.8, 4) is 0 Å². The quantitative estimate of drug-likeness (QED) is 0.818. The number of benzene rings is 1. The molecule has 26 heavy (non-hydrogen) atoms. The zero-order valence-electron chi connectivity index (χ0n) is 16.8. The predicted octanol–water partition coefficient (Wildman–Crippen LogP) is 4.70. The van der Waals surface area contributed by atoms with Crippen LogP contribution in [0, 0.1) is 27.7 Å². The molecule has 1 heterocycles. The van der Waals surface area contributed by atoms with Crippen LogP contribution in [0.3, 0.4) is 0 Å². The highest BCUT2D eigenvalue weighted by Crippen LogP contribution is 2.22. The number of para-hydroxylation sites is 1. The van der Waals surface area contributed by atoms with Crippen molar-refractivity contribution >= 4 is 11.6 Å². The van der Waals surface area contributed by atoms with Crippen LogP contribution in [0.25, 0.3) is 0 Å². The number of nitrogens with one attached hydrogen (secondary N) is 1. The van der Waals surface area contributed by atoms with Crippen molar-refractivity contribution in [1.29, 1.82) is 0 Å². The van der Waals surface area contributed by atoms with Gasteiger partial charge in [-0.15, -0.1) is 0 Å². The van der Waals surface area contributed by atoms with Crippen LogP contribution >= 0.6 is 0 Å². The molecule has 0 radical (unpaired) electrons. The van der Waals surface area contributed by atoms with Gasteiger partial charge in [0.05, 0.1) is 0 Å². The minimum atomic E-state index is -0.315. The highest BCUT2D eigenvalue weighted by molar-refractivity contribution is 6.05. The molecule has 140 valence electrons. The molecule has 4 nitrogen and oxygen atoms in total. The molecule has 1 N–H and O–H groups in total. The Hall–Kier alpha value is -2.36. The summed E-state index contributed by atoms with van der Waals surface area (Å²) in [5.41, 5.74) is 5.33. The maximum Gasteiger partial charge on any atom is 0.261 e. The first kappa shape index (κ1) is 20.0. The second-order valence-corrected chi connectivity index (χ2v) is 6.92. The summed E-state index contributed by atoms with van der Waals surface area (Å²) in [5.74, 6) is -0.315. The lowest BCUT2D eigenvalue weighted by Gasteiger charge is -2.20. The van der Waals surface area contributed by atoms with Gasteiger partial charge in [0.15, 0.2) is 5.43 Å². The first-order valence-electron chi connectivity index (χ1n) is 9.43. The molecule has 1 aromatic carbocycles. The number of rotatable bonds is 6. The van der Waals surface area contributed by atoms with Crippen molar-refractivity contribution in [3.63, 3.8) is 0 Å². The summed E-state index contributed by atoms with van der Waals surface area (Å²) in [7, 11) is 0. The van der Waals surface area contributed by atoms with E-state index in [9.17, 15) is 9.59 Å². The monoisotopic (exact) mass is 354 g/mol. The second-order valence-electron chi connectivity index (χ2n) is 6.92. The van der Waals surface area contributed by atoms with Gasteiger partial charge in [-0.1, -0.05) is 38.5 Å². The largest absolute Gasteiger partial charge is 0.348 e. The third kappa shape index (κ3) is 3.74. The number of anilines is 1. The van der Waals surface area contributed by atoms with Crippen molar-refractivity contribution in [3.05, 3.63) is 62.1 Å². The standard InChI is InChI=1S/C22H30N2O2/c1-7-9-13-24-16(5)15(4)21(25)19(17(24)6)22(26)23-20-14(3)11-10-12-18(20)8-2/h10-12H,7-9,13H2,1-6H3,(H,23,26). The Morgan fingerprint density at radius 1 is 1.08 bits per heavy atom. The smallest absolute Gasteiger partial charge is 0.261 e. The molecule has 0 aliphatic heterocycles. The fourth-order valence-corrected chi connectivity index (χ4v) is 3.40.